The topological polar surface area (TPSA) is 72.2 Å². The lowest BCUT2D eigenvalue weighted by molar-refractivity contribution is -0.136. The van der Waals surface area contributed by atoms with E-state index in [1.54, 1.807) is 13.1 Å². The molecule has 0 saturated heterocycles. The standard InChI is InChI=1S/C20H13BrF3N5O/c1-11-17(19(30)26-16-5-3-2-4-15(16)20(22,23)24)27-28-18-14(10-25-29(11)18)12-6-8-13(21)9-7-12/h2-10H,1H3,(H,26,30). The number of nitrogens with one attached hydrogen (secondary N) is 1. The van der Waals surface area contributed by atoms with Crippen LogP contribution in [-0.2, 0) is 6.18 Å². The van der Waals surface area contributed by atoms with E-state index in [9.17, 15) is 18.0 Å². The molecule has 0 aliphatic rings. The van der Waals surface area contributed by atoms with Crippen molar-refractivity contribution in [3.8, 4) is 11.1 Å². The molecule has 6 nitrogen and oxygen atoms in total. The fourth-order valence-electron chi connectivity index (χ4n) is 3.02. The highest BCUT2D eigenvalue weighted by atomic mass is 79.9. The van der Waals surface area contributed by atoms with E-state index in [2.05, 4.69) is 36.5 Å². The van der Waals surface area contributed by atoms with Crippen molar-refractivity contribution in [1.29, 1.82) is 0 Å². The molecule has 0 atom stereocenters. The molecule has 2 aromatic heterocycles. The first-order valence-electron chi connectivity index (χ1n) is 8.70. The molecule has 0 unspecified atom stereocenters. The highest BCUT2D eigenvalue weighted by Gasteiger charge is 2.34. The first kappa shape index (κ1) is 20.0. The Morgan fingerprint density at radius 3 is 2.47 bits per heavy atom. The normalized spacial score (nSPS) is 11.6. The average molecular weight is 476 g/mol. The molecule has 4 rings (SSSR count). The first-order chi connectivity index (χ1) is 14.3. The number of hydrogen-bond donors (Lipinski definition) is 1. The molecule has 0 fully saturated rings. The molecule has 0 radical (unpaired) electrons. The van der Waals surface area contributed by atoms with Crippen molar-refractivity contribution >= 4 is 33.2 Å². The van der Waals surface area contributed by atoms with Gasteiger partial charge in [0.2, 0.25) is 0 Å². The molecule has 0 bridgehead atoms. The molecule has 0 saturated carbocycles. The highest BCUT2D eigenvalue weighted by molar-refractivity contribution is 9.10. The zero-order chi connectivity index (χ0) is 21.5. The molecule has 30 heavy (non-hydrogen) atoms. The molecule has 0 spiro atoms. The molecule has 0 aliphatic carbocycles. The maximum Gasteiger partial charge on any atom is 0.418 e. The third-order valence-electron chi connectivity index (χ3n) is 4.50. The lowest BCUT2D eigenvalue weighted by Gasteiger charge is -2.13. The Balaban J connectivity index is 1.70. The Morgan fingerprint density at radius 2 is 1.77 bits per heavy atom. The zero-order valence-electron chi connectivity index (χ0n) is 15.4. The fourth-order valence-corrected chi connectivity index (χ4v) is 3.28. The van der Waals surface area contributed by atoms with Crippen molar-refractivity contribution in [3.63, 3.8) is 0 Å². The van der Waals surface area contributed by atoms with Gasteiger partial charge in [0.15, 0.2) is 11.3 Å². The summed E-state index contributed by atoms with van der Waals surface area (Å²) in [5, 5.41) is 14.6. The Hall–Kier alpha value is -3.27. The van der Waals surface area contributed by atoms with Gasteiger partial charge in [0.05, 0.1) is 23.1 Å². The van der Waals surface area contributed by atoms with Crippen LogP contribution >= 0.6 is 15.9 Å². The van der Waals surface area contributed by atoms with E-state index in [4.69, 9.17) is 0 Å². The Bertz CT molecular complexity index is 1250. The van der Waals surface area contributed by atoms with E-state index in [0.717, 1.165) is 16.1 Å². The number of nitrogens with zero attached hydrogens (tertiary/aromatic N) is 4. The summed E-state index contributed by atoms with van der Waals surface area (Å²) in [5.74, 6) is -0.806. The first-order valence-corrected chi connectivity index (χ1v) is 9.49. The summed E-state index contributed by atoms with van der Waals surface area (Å²) in [4.78, 5) is 12.6. The van der Waals surface area contributed by atoms with Crippen LogP contribution in [0.5, 0.6) is 0 Å². The van der Waals surface area contributed by atoms with Crippen LogP contribution < -0.4 is 5.32 Å². The minimum atomic E-state index is -4.60. The summed E-state index contributed by atoms with van der Waals surface area (Å²) in [6, 6.07) is 12.3. The maximum absolute atomic E-state index is 13.2. The second-order valence-corrected chi connectivity index (χ2v) is 7.35. The minimum Gasteiger partial charge on any atom is -0.320 e. The summed E-state index contributed by atoms with van der Waals surface area (Å²) >= 11 is 3.38. The van der Waals surface area contributed by atoms with Gasteiger partial charge < -0.3 is 5.32 Å². The summed E-state index contributed by atoms with van der Waals surface area (Å²) in [6.07, 6.45) is -3.00. The van der Waals surface area contributed by atoms with Crippen molar-refractivity contribution in [1.82, 2.24) is 19.8 Å². The molecule has 10 heteroatoms. The quantitative estimate of drug-likeness (QED) is 0.445. The van der Waals surface area contributed by atoms with Crippen LogP contribution in [-0.4, -0.2) is 25.7 Å². The van der Waals surface area contributed by atoms with Crippen LogP contribution in [0.15, 0.2) is 59.2 Å². The average Bonchev–Trinajstić information content (AvgIpc) is 3.13. The van der Waals surface area contributed by atoms with E-state index in [1.165, 1.54) is 22.7 Å². The number of fused-ring (bicyclic) bond motifs is 1. The number of anilines is 1. The predicted octanol–water partition coefficient (Wildman–Crippen LogP) is 5.13. The number of amides is 1. The number of benzene rings is 2. The van der Waals surface area contributed by atoms with Crippen LogP contribution in [0.1, 0.15) is 21.7 Å². The van der Waals surface area contributed by atoms with Gasteiger partial charge in [-0.3, -0.25) is 4.79 Å². The zero-order valence-corrected chi connectivity index (χ0v) is 17.0. The van der Waals surface area contributed by atoms with Gasteiger partial charge in [-0.05, 0) is 36.8 Å². The molecular weight excluding hydrogens is 463 g/mol. The SMILES string of the molecule is Cc1c(C(=O)Nc2ccccc2C(F)(F)F)nnc2c(-c3ccc(Br)cc3)cnn12. The van der Waals surface area contributed by atoms with Gasteiger partial charge in [-0.25, -0.2) is 4.52 Å². The second kappa shape index (κ2) is 7.52. The van der Waals surface area contributed by atoms with Crippen molar-refractivity contribution < 1.29 is 18.0 Å². The molecule has 152 valence electrons. The van der Waals surface area contributed by atoms with Gasteiger partial charge in [0.1, 0.15) is 0 Å². The van der Waals surface area contributed by atoms with Gasteiger partial charge in [-0.1, -0.05) is 40.2 Å². The van der Waals surface area contributed by atoms with Gasteiger partial charge >= 0.3 is 6.18 Å². The van der Waals surface area contributed by atoms with Crippen molar-refractivity contribution in [3.05, 3.63) is 76.2 Å². The van der Waals surface area contributed by atoms with Crippen molar-refractivity contribution in [2.45, 2.75) is 13.1 Å². The summed E-state index contributed by atoms with van der Waals surface area (Å²) in [5.41, 5.74) is 0.942. The molecule has 4 aromatic rings. The van der Waals surface area contributed by atoms with E-state index in [-0.39, 0.29) is 11.4 Å². The summed E-state index contributed by atoms with van der Waals surface area (Å²) in [6.45, 7) is 1.60. The number of rotatable bonds is 3. The number of aromatic nitrogens is 4. The number of carbonyl (C=O) groups is 1. The van der Waals surface area contributed by atoms with E-state index in [0.29, 0.717) is 16.9 Å². The number of hydrogen-bond acceptors (Lipinski definition) is 4. The molecule has 0 aliphatic heterocycles. The summed E-state index contributed by atoms with van der Waals surface area (Å²) < 4.78 is 41.9. The summed E-state index contributed by atoms with van der Waals surface area (Å²) in [7, 11) is 0. The number of halogens is 4. The smallest absolute Gasteiger partial charge is 0.320 e. The third-order valence-corrected chi connectivity index (χ3v) is 5.03. The Kier molecular flexibility index (Phi) is 5.02. The highest BCUT2D eigenvalue weighted by Crippen LogP contribution is 2.34. The van der Waals surface area contributed by atoms with Crippen LogP contribution in [0.25, 0.3) is 16.8 Å². The molecular formula is C20H13BrF3N5O. The largest absolute Gasteiger partial charge is 0.418 e. The third kappa shape index (κ3) is 3.65. The van der Waals surface area contributed by atoms with E-state index >= 15 is 0 Å². The predicted molar refractivity (Wildman–Crippen MR) is 108 cm³/mol. The monoisotopic (exact) mass is 475 g/mol. The number of aryl methyl sites for hydroxylation is 1. The van der Waals surface area contributed by atoms with E-state index < -0.39 is 17.6 Å². The minimum absolute atomic E-state index is 0.120. The fraction of sp³-hybridized carbons (Fsp3) is 0.100. The Morgan fingerprint density at radius 1 is 1.07 bits per heavy atom. The van der Waals surface area contributed by atoms with Gasteiger partial charge in [-0.15, -0.1) is 10.2 Å². The number of carbonyl (C=O) groups excluding carboxylic acids is 1. The number of alkyl halides is 3. The lowest BCUT2D eigenvalue weighted by Crippen LogP contribution is -2.20. The van der Waals surface area contributed by atoms with Crippen molar-refractivity contribution in [2.75, 3.05) is 5.32 Å². The van der Waals surface area contributed by atoms with Crippen LogP contribution in [0.3, 0.4) is 0 Å². The van der Waals surface area contributed by atoms with Gasteiger partial charge in [-0.2, -0.15) is 18.3 Å². The lowest BCUT2D eigenvalue weighted by atomic mass is 10.1. The van der Waals surface area contributed by atoms with Gasteiger partial charge in [0.25, 0.3) is 5.91 Å². The molecule has 1 amide bonds. The number of para-hydroxylation sites is 1. The van der Waals surface area contributed by atoms with Gasteiger partial charge in [0, 0.05) is 10.0 Å². The van der Waals surface area contributed by atoms with Crippen LogP contribution in [0.2, 0.25) is 0 Å². The van der Waals surface area contributed by atoms with Crippen LogP contribution in [0, 0.1) is 6.92 Å². The molecule has 1 N–H and O–H groups in total. The van der Waals surface area contributed by atoms with Crippen molar-refractivity contribution in [2.24, 2.45) is 0 Å². The second-order valence-electron chi connectivity index (χ2n) is 6.43. The Labute approximate surface area is 176 Å². The molecule has 2 heterocycles. The van der Waals surface area contributed by atoms with Crippen LogP contribution in [0.4, 0.5) is 18.9 Å². The van der Waals surface area contributed by atoms with E-state index in [1.807, 2.05) is 24.3 Å². The maximum atomic E-state index is 13.2. The molecule has 2 aromatic carbocycles.